The Bertz CT molecular complexity index is 369. The van der Waals surface area contributed by atoms with Crippen LogP contribution in [0.2, 0.25) is 0 Å². The zero-order valence-corrected chi connectivity index (χ0v) is 20.2. The molecule has 11 heteroatoms. The Balaban J connectivity index is 5.29. The Labute approximate surface area is 169 Å². The molecule has 0 aromatic carbocycles. The number of nitrogens with one attached hydrogen (secondary N) is 1. The molecule has 5 N–H and O–H groups in total. The molecule has 164 valence electrons. The number of rotatable bonds is 19. The van der Waals surface area contributed by atoms with Crippen LogP contribution in [0, 0.1) is 0 Å². The van der Waals surface area contributed by atoms with E-state index in [4.69, 9.17) is 29.1 Å². The van der Waals surface area contributed by atoms with Gasteiger partial charge in [-0.2, -0.15) is 9.37 Å². The van der Waals surface area contributed by atoms with E-state index >= 15 is 0 Å². The van der Waals surface area contributed by atoms with Crippen molar-refractivity contribution < 1.29 is 18.1 Å². The molecule has 0 fully saturated rings. The van der Waals surface area contributed by atoms with Gasteiger partial charge in [0.05, 0.1) is 26.4 Å². The van der Waals surface area contributed by atoms with Crippen LogP contribution in [0.25, 0.3) is 0 Å². The summed E-state index contributed by atoms with van der Waals surface area (Å²) in [6.07, 6.45) is 7.90. The first-order chi connectivity index (χ1) is 13.0. The molecule has 0 aliphatic rings. The zero-order chi connectivity index (χ0) is 20.4. The Morgan fingerprint density at radius 1 is 0.741 bits per heavy atom. The minimum Gasteiger partial charge on any atom is -0.322 e. The average Bonchev–Trinajstić information content (AvgIpc) is 2.62. The maximum Gasteiger partial charge on any atom is 0.300 e. The van der Waals surface area contributed by atoms with Crippen LogP contribution in [-0.2, 0) is 18.1 Å². The van der Waals surface area contributed by atoms with Crippen LogP contribution in [0.1, 0.15) is 79.1 Å². The van der Waals surface area contributed by atoms with E-state index < -0.39 is 24.6 Å². The van der Waals surface area contributed by atoms with E-state index in [-0.39, 0.29) is 0 Å². The lowest BCUT2D eigenvalue weighted by atomic mass is 10.4. The Morgan fingerprint density at radius 3 is 1.52 bits per heavy atom. The van der Waals surface area contributed by atoms with Crippen LogP contribution >= 0.6 is 24.6 Å². The number of unbranched alkanes of at least 4 members (excludes halogenated alkanes) is 4. The number of hydrogen-bond donors (Lipinski definition) is 3. The molecule has 0 heterocycles. The maximum absolute atomic E-state index is 6.09. The smallest absolute Gasteiger partial charge is 0.300 e. The molecule has 0 spiro atoms. The highest BCUT2D eigenvalue weighted by Gasteiger charge is 2.29. The van der Waals surface area contributed by atoms with E-state index in [2.05, 4.69) is 37.1 Å². The van der Waals surface area contributed by atoms with Gasteiger partial charge in [0.2, 0.25) is 0 Å². The number of nitrogens with zero attached hydrogens (tertiary/aromatic N) is 1. The molecular weight excluding hydrogens is 405 g/mol. The summed E-state index contributed by atoms with van der Waals surface area (Å²) >= 11 is 0. The van der Waals surface area contributed by atoms with Crippen LogP contribution in [0.5, 0.6) is 0 Å². The molecule has 0 unspecified atom stereocenters. The first kappa shape index (κ1) is 27.8. The summed E-state index contributed by atoms with van der Waals surface area (Å²) in [6.45, 7) is 10.8. The van der Waals surface area contributed by atoms with Gasteiger partial charge in [-0.15, -0.1) is 0 Å². The molecule has 0 aromatic heterocycles. The summed E-state index contributed by atoms with van der Waals surface area (Å²) in [5, 5.41) is 0. The lowest BCUT2D eigenvalue weighted by Crippen LogP contribution is -2.16. The molecule has 0 saturated heterocycles. The van der Waals surface area contributed by atoms with Gasteiger partial charge in [0.25, 0.3) is 8.53 Å². The van der Waals surface area contributed by atoms with Crippen molar-refractivity contribution >= 4 is 24.6 Å². The van der Waals surface area contributed by atoms with Crippen LogP contribution in [0.15, 0.2) is 4.52 Å². The molecule has 0 amide bonds. The predicted molar refractivity (Wildman–Crippen MR) is 118 cm³/mol. The molecule has 27 heavy (non-hydrogen) atoms. The molecule has 0 saturated carbocycles. The van der Waals surface area contributed by atoms with Crippen LogP contribution in [-0.4, -0.2) is 26.4 Å². The largest absolute Gasteiger partial charge is 0.322 e. The topological polar surface area (TPSA) is 113 Å². The van der Waals surface area contributed by atoms with E-state index in [9.17, 15) is 0 Å². The Kier molecular flexibility index (Phi) is 19.4. The Morgan fingerprint density at radius 2 is 1.15 bits per heavy atom. The SMILES string of the molecule is CCCCOP(NP(=NP(N)N)(OCCCC)OCCCC)OCCCC. The predicted octanol–water partition coefficient (Wildman–Crippen LogP) is 6.16. The van der Waals surface area contributed by atoms with Crippen LogP contribution in [0.3, 0.4) is 0 Å². The van der Waals surface area contributed by atoms with Gasteiger partial charge in [-0.05, 0) is 25.7 Å². The zero-order valence-electron chi connectivity index (χ0n) is 17.6. The van der Waals surface area contributed by atoms with Gasteiger partial charge in [-0.1, -0.05) is 53.4 Å². The van der Waals surface area contributed by atoms with E-state index in [1.165, 1.54) is 0 Å². The van der Waals surface area contributed by atoms with Crippen molar-refractivity contribution in [2.75, 3.05) is 26.4 Å². The van der Waals surface area contributed by atoms with Crippen molar-refractivity contribution in [2.45, 2.75) is 79.1 Å². The molecular formula is C16H41N4O4P3. The monoisotopic (exact) mass is 446 g/mol. The van der Waals surface area contributed by atoms with Gasteiger partial charge >= 0.3 is 7.66 Å². The Hall–Kier alpha value is 0.810. The third-order valence-electron chi connectivity index (χ3n) is 3.37. The minimum absolute atomic E-state index is 0.531. The number of nitrogens with two attached hydrogens (primary N) is 2. The average molecular weight is 446 g/mol. The molecule has 8 nitrogen and oxygen atoms in total. The van der Waals surface area contributed by atoms with Crippen molar-refractivity contribution in [3.05, 3.63) is 0 Å². The van der Waals surface area contributed by atoms with Gasteiger partial charge in [-0.3, -0.25) is 11.0 Å². The van der Waals surface area contributed by atoms with Gasteiger partial charge in [0.15, 0.2) is 8.37 Å². The van der Waals surface area contributed by atoms with Gasteiger partial charge in [0.1, 0.15) is 0 Å². The van der Waals surface area contributed by atoms with Gasteiger partial charge < -0.3 is 18.1 Å². The van der Waals surface area contributed by atoms with Gasteiger partial charge in [-0.25, -0.2) is 0 Å². The highest BCUT2D eigenvalue weighted by Crippen LogP contribution is 2.59. The van der Waals surface area contributed by atoms with Crippen molar-refractivity contribution in [3.63, 3.8) is 0 Å². The maximum atomic E-state index is 6.09. The highest BCUT2D eigenvalue weighted by molar-refractivity contribution is 7.71. The fourth-order valence-electron chi connectivity index (χ4n) is 1.75. The van der Waals surface area contributed by atoms with Crippen molar-refractivity contribution in [1.82, 2.24) is 4.86 Å². The van der Waals surface area contributed by atoms with Crippen molar-refractivity contribution in [2.24, 2.45) is 15.5 Å². The van der Waals surface area contributed by atoms with E-state index in [1.54, 1.807) is 0 Å². The second-order valence-corrected chi connectivity index (χ2v) is 11.0. The summed E-state index contributed by atoms with van der Waals surface area (Å²) in [5.41, 5.74) is 11.7. The fraction of sp³-hybridized carbons (Fsp3) is 1.00. The molecule has 0 aromatic rings. The summed E-state index contributed by atoms with van der Waals surface area (Å²) in [5.74, 6) is 0. The minimum atomic E-state index is -2.83. The molecule has 0 aliphatic heterocycles. The summed E-state index contributed by atoms with van der Waals surface area (Å²) in [4.78, 5) is 3.31. The van der Waals surface area contributed by atoms with Crippen molar-refractivity contribution in [3.8, 4) is 0 Å². The lowest BCUT2D eigenvalue weighted by molar-refractivity contribution is 0.217. The van der Waals surface area contributed by atoms with Crippen LogP contribution < -0.4 is 15.9 Å². The summed E-state index contributed by atoms with van der Waals surface area (Å²) in [6, 6.07) is 0. The summed E-state index contributed by atoms with van der Waals surface area (Å²) in [7, 11) is -5.75. The molecule has 0 aliphatic carbocycles. The number of hydrogen-bond acceptors (Lipinski definition) is 7. The standard InChI is InChI=1S/C16H41N4O4P3/c1-5-9-13-21-26(22-14-10-6-2)20-27(19-25(17)18,23-15-11-7-3)24-16-12-8-4/h20H,5-18H2,1-4H3. The molecule has 0 bridgehead atoms. The van der Waals surface area contributed by atoms with E-state index in [0.29, 0.717) is 26.4 Å². The lowest BCUT2D eigenvalue weighted by Gasteiger charge is -2.29. The first-order valence-electron chi connectivity index (χ1n) is 10.1. The second-order valence-electron chi connectivity index (χ2n) is 6.09. The molecule has 0 atom stereocenters. The van der Waals surface area contributed by atoms with E-state index in [0.717, 1.165) is 51.4 Å². The third kappa shape index (κ3) is 15.3. The molecule has 0 radical (unpaired) electrons. The highest BCUT2D eigenvalue weighted by atomic mass is 31.3. The van der Waals surface area contributed by atoms with Crippen molar-refractivity contribution in [1.29, 1.82) is 0 Å². The van der Waals surface area contributed by atoms with Gasteiger partial charge in [0, 0.05) is 0 Å². The third-order valence-corrected chi connectivity index (χ3v) is 8.70. The fourth-order valence-corrected chi connectivity index (χ4v) is 7.01. The van der Waals surface area contributed by atoms with E-state index in [1.807, 2.05) is 0 Å². The van der Waals surface area contributed by atoms with Crippen LogP contribution in [0.4, 0.5) is 0 Å². The molecule has 0 rings (SSSR count). The summed E-state index contributed by atoms with van der Waals surface area (Å²) < 4.78 is 28.6. The first-order valence-corrected chi connectivity index (χ1v) is 14.3. The normalized spacial score (nSPS) is 12.3. The second kappa shape index (κ2) is 18.8. The quantitative estimate of drug-likeness (QED) is 0.161.